The highest BCUT2D eigenvalue weighted by Crippen LogP contribution is 2.19. The molecule has 0 aromatic heterocycles. The third kappa shape index (κ3) is 2.45. The topological polar surface area (TPSA) is 83.6 Å². The van der Waals surface area contributed by atoms with Crippen LogP contribution in [0.4, 0.5) is 0 Å². The molecule has 1 rings (SSSR count). The van der Waals surface area contributed by atoms with E-state index in [1.807, 2.05) is 0 Å². The molecule has 4 nitrogen and oxygen atoms in total. The maximum Gasteiger partial charge on any atom is 0.323 e. The van der Waals surface area contributed by atoms with Crippen LogP contribution in [0.5, 0.6) is 0 Å². The Balaban J connectivity index is 2.89. The number of halogens is 1. The van der Waals surface area contributed by atoms with E-state index in [1.54, 1.807) is 18.2 Å². The normalized spacial score (nSPS) is 14.8. The number of aliphatic carboxylic acids is 1. The lowest BCUT2D eigenvalue weighted by molar-refractivity contribution is -0.141. The first-order valence-corrected chi connectivity index (χ1v) is 4.32. The number of rotatable bonds is 3. The van der Waals surface area contributed by atoms with Crippen LogP contribution < -0.4 is 5.73 Å². The summed E-state index contributed by atoms with van der Waals surface area (Å²) in [6.07, 6.45) is -1.24. The van der Waals surface area contributed by atoms with Gasteiger partial charge in [0.05, 0.1) is 0 Å². The van der Waals surface area contributed by atoms with E-state index in [4.69, 9.17) is 22.4 Å². The van der Waals surface area contributed by atoms with E-state index in [2.05, 4.69) is 0 Å². The molecular formula is C9H10ClNO3. The Morgan fingerprint density at radius 2 is 2.14 bits per heavy atom. The van der Waals surface area contributed by atoms with Gasteiger partial charge in [-0.1, -0.05) is 23.7 Å². The molecule has 0 saturated heterocycles. The Kier molecular flexibility index (Phi) is 3.46. The number of carboxylic acid groups (broad SMARTS) is 1. The number of aliphatic hydroxyl groups is 1. The van der Waals surface area contributed by atoms with E-state index < -0.39 is 18.1 Å². The lowest BCUT2D eigenvalue weighted by Crippen LogP contribution is -2.36. The van der Waals surface area contributed by atoms with Gasteiger partial charge in [0.2, 0.25) is 0 Å². The summed E-state index contributed by atoms with van der Waals surface area (Å²) in [7, 11) is 0. The van der Waals surface area contributed by atoms with E-state index in [0.29, 0.717) is 10.6 Å². The molecule has 0 radical (unpaired) electrons. The summed E-state index contributed by atoms with van der Waals surface area (Å²) in [5, 5.41) is 18.5. The molecule has 2 atom stereocenters. The number of nitrogens with two attached hydrogens (primary N) is 1. The lowest BCUT2D eigenvalue weighted by atomic mass is 10.0. The van der Waals surface area contributed by atoms with Crippen LogP contribution in [0.2, 0.25) is 5.02 Å². The van der Waals surface area contributed by atoms with Gasteiger partial charge in [-0.25, -0.2) is 0 Å². The Labute approximate surface area is 85.9 Å². The zero-order valence-corrected chi connectivity index (χ0v) is 7.98. The van der Waals surface area contributed by atoms with Crippen molar-refractivity contribution in [3.05, 3.63) is 34.9 Å². The molecule has 0 heterocycles. The quantitative estimate of drug-likeness (QED) is 0.696. The summed E-state index contributed by atoms with van der Waals surface area (Å²) in [6.45, 7) is 0. The van der Waals surface area contributed by atoms with E-state index in [1.165, 1.54) is 6.07 Å². The summed E-state index contributed by atoms with van der Waals surface area (Å²) >= 11 is 5.67. The van der Waals surface area contributed by atoms with Crippen LogP contribution in [0.3, 0.4) is 0 Å². The molecule has 0 fully saturated rings. The van der Waals surface area contributed by atoms with Crippen LogP contribution in [-0.2, 0) is 4.79 Å². The first kappa shape index (κ1) is 11.0. The average Bonchev–Trinajstić information content (AvgIpc) is 2.15. The van der Waals surface area contributed by atoms with Crippen molar-refractivity contribution in [2.45, 2.75) is 12.1 Å². The minimum absolute atomic E-state index is 0.396. The summed E-state index contributed by atoms with van der Waals surface area (Å²) in [5.41, 5.74) is 5.65. The van der Waals surface area contributed by atoms with E-state index in [0.717, 1.165) is 0 Å². The van der Waals surface area contributed by atoms with Crippen LogP contribution in [0.25, 0.3) is 0 Å². The maximum atomic E-state index is 10.5. The molecule has 1 aromatic carbocycles. The third-order valence-corrected chi connectivity index (χ3v) is 2.05. The monoisotopic (exact) mass is 215 g/mol. The predicted octanol–water partition coefficient (Wildman–Crippen LogP) is 0.785. The van der Waals surface area contributed by atoms with Gasteiger partial charge < -0.3 is 15.9 Å². The lowest BCUT2D eigenvalue weighted by Gasteiger charge is -2.15. The molecule has 0 bridgehead atoms. The Bertz CT molecular complexity index is 343. The highest BCUT2D eigenvalue weighted by molar-refractivity contribution is 6.30. The standard InChI is InChI=1S/C9H10ClNO3/c10-6-3-1-2-5(4-6)8(12)7(11)9(13)14/h1-4,7-8,12H,11H2,(H,13,14). The number of hydrogen-bond donors (Lipinski definition) is 3. The van der Waals surface area contributed by atoms with Crippen molar-refractivity contribution in [1.82, 2.24) is 0 Å². The molecule has 0 aliphatic heterocycles. The van der Waals surface area contributed by atoms with Crippen molar-refractivity contribution in [2.24, 2.45) is 5.73 Å². The fourth-order valence-electron chi connectivity index (χ4n) is 1.03. The van der Waals surface area contributed by atoms with Crippen molar-refractivity contribution >= 4 is 17.6 Å². The van der Waals surface area contributed by atoms with Gasteiger partial charge in [-0.3, -0.25) is 4.79 Å². The van der Waals surface area contributed by atoms with Crippen molar-refractivity contribution in [3.8, 4) is 0 Å². The molecule has 2 unspecified atom stereocenters. The van der Waals surface area contributed by atoms with Crippen LogP contribution in [-0.4, -0.2) is 22.2 Å². The smallest absolute Gasteiger partial charge is 0.323 e. The third-order valence-electron chi connectivity index (χ3n) is 1.82. The van der Waals surface area contributed by atoms with E-state index in [9.17, 15) is 9.90 Å². The fourth-order valence-corrected chi connectivity index (χ4v) is 1.23. The number of benzene rings is 1. The van der Waals surface area contributed by atoms with Gasteiger partial charge in [0, 0.05) is 5.02 Å². The summed E-state index contributed by atoms with van der Waals surface area (Å²) in [6, 6.07) is 4.96. The second-order valence-corrected chi connectivity index (χ2v) is 3.30. The largest absolute Gasteiger partial charge is 0.480 e. The maximum absolute atomic E-state index is 10.5. The van der Waals surface area contributed by atoms with Crippen LogP contribution in [0, 0.1) is 0 Å². The molecule has 1 aromatic rings. The summed E-state index contributed by atoms with van der Waals surface area (Å²) < 4.78 is 0. The van der Waals surface area contributed by atoms with Crippen molar-refractivity contribution < 1.29 is 15.0 Å². The summed E-state index contributed by atoms with van der Waals surface area (Å²) in [5.74, 6) is -1.25. The molecule has 4 N–H and O–H groups in total. The van der Waals surface area contributed by atoms with Crippen LogP contribution in [0.1, 0.15) is 11.7 Å². The molecule has 0 saturated carbocycles. The first-order valence-electron chi connectivity index (χ1n) is 3.94. The molecule has 76 valence electrons. The molecule has 0 aliphatic rings. The highest BCUT2D eigenvalue weighted by Gasteiger charge is 2.23. The highest BCUT2D eigenvalue weighted by atomic mass is 35.5. The van der Waals surface area contributed by atoms with Crippen LogP contribution >= 0.6 is 11.6 Å². The number of carbonyl (C=O) groups is 1. The Morgan fingerprint density at radius 1 is 1.50 bits per heavy atom. The number of carboxylic acids is 1. The van der Waals surface area contributed by atoms with Gasteiger partial charge in [-0.2, -0.15) is 0 Å². The minimum Gasteiger partial charge on any atom is -0.480 e. The molecule has 14 heavy (non-hydrogen) atoms. The molecule has 0 spiro atoms. The second-order valence-electron chi connectivity index (χ2n) is 2.86. The summed E-state index contributed by atoms with van der Waals surface area (Å²) in [4.78, 5) is 10.5. The second kappa shape index (κ2) is 4.41. The molecule has 0 aliphatic carbocycles. The molecular weight excluding hydrogens is 206 g/mol. The van der Waals surface area contributed by atoms with Gasteiger partial charge in [0.25, 0.3) is 0 Å². The van der Waals surface area contributed by atoms with Crippen LogP contribution in [0.15, 0.2) is 24.3 Å². The predicted molar refractivity (Wildman–Crippen MR) is 52.0 cm³/mol. The van der Waals surface area contributed by atoms with Crippen molar-refractivity contribution in [3.63, 3.8) is 0 Å². The number of hydrogen-bond acceptors (Lipinski definition) is 3. The number of aliphatic hydroxyl groups excluding tert-OH is 1. The minimum atomic E-state index is -1.34. The zero-order valence-electron chi connectivity index (χ0n) is 7.22. The molecule has 0 amide bonds. The van der Waals surface area contributed by atoms with Gasteiger partial charge in [0.15, 0.2) is 0 Å². The molecule has 5 heteroatoms. The van der Waals surface area contributed by atoms with E-state index in [-0.39, 0.29) is 0 Å². The average molecular weight is 216 g/mol. The SMILES string of the molecule is NC(C(=O)O)C(O)c1cccc(Cl)c1. The van der Waals surface area contributed by atoms with Gasteiger partial charge in [0.1, 0.15) is 12.1 Å². The van der Waals surface area contributed by atoms with Gasteiger partial charge in [-0.05, 0) is 17.7 Å². The Hall–Kier alpha value is -1.10. The fraction of sp³-hybridized carbons (Fsp3) is 0.222. The van der Waals surface area contributed by atoms with Gasteiger partial charge in [-0.15, -0.1) is 0 Å². The van der Waals surface area contributed by atoms with E-state index >= 15 is 0 Å². The first-order chi connectivity index (χ1) is 6.52. The Morgan fingerprint density at radius 3 is 2.64 bits per heavy atom. The zero-order chi connectivity index (χ0) is 10.7. The van der Waals surface area contributed by atoms with Gasteiger partial charge >= 0.3 is 5.97 Å². The van der Waals surface area contributed by atoms with Crippen molar-refractivity contribution in [2.75, 3.05) is 0 Å². The van der Waals surface area contributed by atoms with Crippen molar-refractivity contribution in [1.29, 1.82) is 0 Å².